The molecule has 0 bridgehead atoms. The molecule has 0 aliphatic heterocycles. The van der Waals surface area contributed by atoms with Crippen molar-refractivity contribution >= 4 is 5.91 Å². The molecule has 14 heavy (non-hydrogen) atoms. The van der Waals surface area contributed by atoms with Crippen molar-refractivity contribution in [2.45, 2.75) is 32.6 Å². The molecule has 0 heterocycles. The Morgan fingerprint density at radius 1 is 1.50 bits per heavy atom. The van der Waals surface area contributed by atoms with Crippen LogP contribution in [0, 0.1) is 12.3 Å². The highest BCUT2D eigenvalue weighted by atomic mass is 16.2. The lowest BCUT2D eigenvalue weighted by atomic mass is 10.2. The molecule has 0 rings (SSSR count). The molecular formula is C11H19NO2. The van der Waals surface area contributed by atoms with E-state index in [0.29, 0.717) is 19.4 Å². The molecule has 1 N–H and O–H groups in total. The molecule has 0 aliphatic carbocycles. The summed E-state index contributed by atoms with van der Waals surface area (Å²) in [5.74, 6) is 2.58. The highest BCUT2D eigenvalue weighted by molar-refractivity contribution is 5.76. The normalized spacial score (nSPS) is 9.50. The van der Waals surface area contributed by atoms with Crippen LogP contribution in [0.2, 0.25) is 0 Å². The predicted molar refractivity (Wildman–Crippen MR) is 56.6 cm³/mol. The number of amides is 1. The molecule has 0 unspecified atom stereocenters. The average molecular weight is 197 g/mol. The van der Waals surface area contributed by atoms with Gasteiger partial charge in [0.1, 0.15) is 0 Å². The van der Waals surface area contributed by atoms with Crippen molar-refractivity contribution in [3.05, 3.63) is 0 Å². The lowest BCUT2D eigenvalue weighted by molar-refractivity contribution is -0.130. The predicted octanol–water partition coefficient (Wildman–Crippen LogP) is 1.02. The SMILES string of the molecule is C#CCN(CCC)C(=O)CCCCO. The number of terminal acetylenes is 1. The monoisotopic (exact) mass is 197 g/mol. The van der Waals surface area contributed by atoms with Crippen LogP contribution in [0.1, 0.15) is 32.6 Å². The van der Waals surface area contributed by atoms with Gasteiger partial charge in [0, 0.05) is 19.6 Å². The summed E-state index contributed by atoms with van der Waals surface area (Å²) in [5.41, 5.74) is 0. The van der Waals surface area contributed by atoms with Gasteiger partial charge >= 0.3 is 0 Å². The molecule has 80 valence electrons. The van der Waals surface area contributed by atoms with E-state index in [1.165, 1.54) is 0 Å². The maximum absolute atomic E-state index is 11.5. The molecule has 1 amide bonds. The van der Waals surface area contributed by atoms with E-state index in [-0.39, 0.29) is 12.5 Å². The molecule has 3 nitrogen and oxygen atoms in total. The van der Waals surface area contributed by atoms with Crippen LogP contribution in [-0.2, 0) is 4.79 Å². The van der Waals surface area contributed by atoms with Crippen molar-refractivity contribution < 1.29 is 9.90 Å². The van der Waals surface area contributed by atoms with Gasteiger partial charge in [0.25, 0.3) is 0 Å². The molecule has 0 aromatic rings. The second-order valence-corrected chi connectivity index (χ2v) is 3.20. The number of aliphatic hydroxyl groups is 1. The second kappa shape index (κ2) is 8.58. The summed E-state index contributed by atoms with van der Waals surface area (Å²) < 4.78 is 0. The largest absolute Gasteiger partial charge is 0.396 e. The van der Waals surface area contributed by atoms with Crippen LogP contribution >= 0.6 is 0 Å². The van der Waals surface area contributed by atoms with Crippen LogP contribution in [-0.4, -0.2) is 35.6 Å². The lowest BCUT2D eigenvalue weighted by Crippen LogP contribution is -2.31. The first-order chi connectivity index (χ1) is 6.76. The molecule has 0 aliphatic rings. The number of carbonyl (C=O) groups is 1. The van der Waals surface area contributed by atoms with E-state index in [1.807, 2.05) is 6.92 Å². The molecule has 0 aromatic heterocycles. The first-order valence-electron chi connectivity index (χ1n) is 5.08. The molecule has 0 fully saturated rings. The molecular weight excluding hydrogens is 178 g/mol. The Morgan fingerprint density at radius 3 is 2.71 bits per heavy atom. The zero-order valence-electron chi connectivity index (χ0n) is 8.83. The van der Waals surface area contributed by atoms with Gasteiger partial charge in [0.15, 0.2) is 0 Å². The first kappa shape index (κ1) is 13.0. The van der Waals surface area contributed by atoms with E-state index >= 15 is 0 Å². The van der Waals surface area contributed by atoms with Crippen LogP contribution < -0.4 is 0 Å². The number of hydrogen-bond donors (Lipinski definition) is 1. The van der Waals surface area contributed by atoms with Crippen LogP contribution in [0.3, 0.4) is 0 Å². The first-order valence-corrected chi connectivity index (χ1v) is 5.08. The maximum Gasteiger partial charge on any atom is 0.223 e. The zero-order valence-corrected chi connectivity index (χ0v) is 8.83. The molecule has 0 saturated heterocycles. The Hall–Kier alpha value is -1.01. The van der Waals surface area contributed by atoms with E-state index in [9.17, 15) is 4.79 Å². The number of carbonyl (C=O) groups excluding carboxylic acids is 1. The summed E-state index contributed by atoms with van der Waals surface area (Å²) in [4.78, 5) is 13.2. The topological polar surface area (TPSA) is 40.5 Å². The molecule has 3 heteroatoms. The molecule has 0 saturated carbocycles. The minimum absolute atomic E-state index is 0.0956. The molecule has 0 spiro atoms. The summed E-state index contributed by atoms with van der Waals surface area (Å²) in [6.07, 6.45) is 8.00. The Kier molecular flexibility index (Phi) is 7.96. The third kappa shape index (κ3) is 5.60. The number of unbranched alkanes of at least 4 members (excludes halogenated alkanes) is 1. The van der Waals surface area contributed by atoms with Gasteiger partial charge in [-0.25, -0.2) is 0 Å². The van der Waals surface area contributed by atoms with Gasteiger partial charge in [-0.2, -0.15) is 0 Å². The number of aliphatic hydroxyl groups excluding tert-OH is 1. The Balaban J connectivity index is 3.83. The van der Waals surface area contributed by atoms with Crippen molar-refractivity contribution in [2.24, 2.45) is 0 Å². The van der Waals surface area contributed by atoms with Crippen LogP contribution in [0.25, 0.3) is 0 Å². The highest BCUT2D eigenvalue weighted by Gasteiger charge is 2.10. The van der Waals surface area contributed by atoms with E-state index in [2.05, 4.69) is 5.92 Å². The number of hydrogen-bond acceptors (Lipinski definition) is 2. The van der Waals surface area contributed by atoms with Gasteiger partial charge in [0.2, 0.25) is 5.91 Å². The van der Waals surface area contributed by atoms with Crippen LogP contribution in [0.4, 0.5) is 0 Å². The Morgan fingerprint density at radius 2 is 2.21 bits per heavy atom. The van der Waals surface area contributed by atoms with Gasteiger partial charge in [0.05, 0.1) is 6.54 Å². The van der Waals surface area contributed by atoms with Gasteiger partial charge in [-0.05, 0) is 19.3 Å². The summed E-state index contributed by atoms with van der Waals surface area (Å²) in [7, 11) is 0. The van der Waals surface area contributed by atoms with E-state index in [0.717, 1.165) is 19.4 Å². The number of rotatable bonds is 7. The van der Waals surface area contributed by atoms with Gasteiger partial charge in [-0.3, -0.25) is 4.79 Å². The van der Waals surface area contributed by atoms with Crippen molar-refractivity contribution in [3.8, 4) is 12.3 Å². The fourth-order valence-electron chi connectivity index (χ4n) is 1.22. The number of nitrogens with zero attached hydrogens (tertiary/aromatic N) is 1. The Bertz CT molecular complexity index is 196. The van der Waals surface area contributed by atoms with Gasteiger partial charge in [-0.15, -0.1) is 6.42 Å². The smallest absolute Gasteiger partial charge is 0.223 e. The standard InChI is InChI=1S/C11H19NO2/c1-3-8-12(9-4-2)11(14)7-5-6-10-13/h1,13H,4-10H2,2H3. The lowest BCUT2D eigenvalue weighted by Gasteiger charge is -2.19. The van der Waals surface area contributed by atoms with E-state index < -0.39 is 0 Å². The van der Waals surface area contributed by atoms with Crippen molar-refractivity contribution in [1.29, 1.82) is 0 Å². The minimum atomic E-state index is 0.0956. The van der Waals surface area contributed by atoms with Crippen molar-refractivity contribution in [3.63, 3.8) is 0 Å². The highest BCUT2D eigenvalue weighted by Crippen LogP contribution is 2.01. The fourth-order valence-corrected chi connectivity index (χ4v) is 1.22. The summed E-state index contributed by atoms with van der Waals surface area (Å²) in [6, 6.07) is 0. The Labute approximate surface area is 86.1 Å². The van der Waals surface area contributed by atoms with Crippen LogP contribution in [0.15, 0.2) is 0 Å². The zero-order chi connectivity index (χ0) is 10.8. The maximum atomic E-state index is 11.5. The molecule has 0 aromatic carbocycles. The molecule has 0 atom stereocenters. The third-order valence-corrected chi connectivity index (χ3v) is 1.93. The molecule has 0 radical (unpaired) electrons. The summed E-state index contributed by atoms with van der Waals surface area (Å²) >= 11 is 0. The van der Waals surface area contributed by atoms with E-state index in [4.69, 9.17) is 11.5 Å². The minimum Gasteiger partial charge on any atom is -0.396 e. The second-order valence-electron chi connectivity index (χ2n) is 3.20. The average Bonchev–Trinajstić information content (AvgIpc) is 2.18. The summed E-state index contributed by atoms with van der Waals surface area (Å²) in [5, 5.41) is 8.57. The quantitative estimate of drug-likeness (QED) is 0.489. The van der Waals surface area contributed by atoms with E-state index in [1.54, 1.807) is 4.90 Å². The van der Waals surface area contributed by atoms with Gasteiger partial charge in [-0.1, -0.05) is 12.8 Å². The fraction of sp³-hybridized carbons (Fsp3) is 0.727. The summed E-state index contributed by atoms with van der Waals surface area (Å²) in [6.45, 7) is 3.29. The third-order valence-electron chi connectivity index (χ3n) is 1.93. The van der Waals surface area contributed by atoms with Crippen molar-refractivity contribution in [2.75, 3.05) is 19.7 Å². The van der Waals surface area contributed by atoms with Crippen molar-refractivity contribution in [1.82, 2.24) is 4.90 Å². The van der Waals surface area contributed by atoms with Gasteiger partial charge < -0.3 is 10.0 Å². The van der Waals surface area contributed by atoms with Crippen LogP contribution in [0.5, 0.6) is 0 Å².